The summed E-state index contributed by atoms with van der Waals surface area (Å²) in [6.45, 7) is 7.33. The van der Waals surface area contributed by atoms with Crippen LogP contribution in [0.15, 0.2) is 0 Å². The molecule has 1 atom stereocenters. The van der Waals surface area contributed by atoms with Crippen molar-refractivity contribution in [2.75, 3.05) is 19.8 Å². The Hall–Kier alpha value is -0.120. The Kier molecular flexibility index (Phi) is 7.45. The molecule has 1 N–H and O–H groups in total. The molecular weight excluding hydrogens is 156 g/mol. The Morgan fingerprint density at radius 2 is 1.92 bits per heavy atom. The summed E-state index contributed by atoms with van der Waals surface area (Å²) < 4.78 is 10.4. The van der Waals surface area contributed by atoms with Gasteiger partial charge in [0.2, 0.25) is 0 Å². The van der Waals surface area contributed by atoms with E-state index in [1.165, 1.54) is 0 Å². The van der Waals surface area contributed by atoms with Crippen LogP contribution >= 0.6 is 0 Å². The standard InChI is InChI=1S/C9H20O3/c1-4-11-9(7-10)12-6-5-8(2)3/h8-10H,4-7H2,1-3H3. The predicted molar refractivity (Wildman–Crippen MR) is 47.9 cm³/mol. The molecule has 0 heterocycles. The molecule has 0 rings (SSSR count). The zero-order valence-corrected chi connectivity index (χ0v) is 8.25. The van der Waals surface area contributed by atoms with Gasteiger partial charge in [0.1, 0.15) is 0 Å². The number of ether oxygens (including phenoxy) is 2. The lowest BCUT2D eigenvalue weighted by atomic mass is 10.1. The van der Waals surface area contributed by atoms with Crippen molar-refractivity contribution in [1.29, 1.82) is 0 Å². The molecule has 0 spiro atoms. The average Bonchev–Trinajstić information content (AvgIpc) is 2.02. The van der Waals surface area contributed by atoms with Crippen molar-refractivity contribution in [2.24, 2.45) is 5.92 Å². The minimum Gasteiger partial charge on any atom is -0.391 e. The quantitative estimate of drug-likeness (QED) is 0.596. The minimum atomic E-state index is -0.436. The highest BCUT2D eigenvalue weighted by Gasteiger charge is 2.06. The first kappa shape index (κ1) is 11.9. The average molecular weight is 176 g/mol. The lowest BCUT2D eigenvalue weighted by Crippen LogP contribution is -2.22. The fraction of sp³-hybridized carbons (Fsp3) is 1.00. The van der Waals surface area contributed by atoms with Gasteiger partial charge in [0.05, 0.1) is 13.2 Å². The lowest BCUT2D eigenvalue weighted by molar-refractivity contribution is -0.161. The zero-order valence-electron chi connectivity index (χ0n) is 8.25. The normalized spacial score (nSPS) is 13.8. The number of aliphatic hydroxyl groups excluding tert-OH is 1. The second-order valence-corrected chi connectivity index (χ2v) is 3.12. The molecule has 0 radical (unpaired) electrons. The van der Waals surface area contributed by atoms with Crippen LogP contribution < -0.4 is 0 Å². The van der Waals surface area contributed by atoms with E-state index in [0.29, 0.717) is 19.1 Å². The van der Waals surface area contributed by atoms with Gasteiger partial charge in [0, 0.05) is 6.61 Å². The van der Waals surface area contributed by atoms with Gasteiger partial charge in [-0.3, -0.25) is 0 Å². The fourth-order valence-electron chi connectivity index (χ4n) is 0.775. The summed E-state index contributed by atoms with van der Waals surface area (Å²) in [4.78, 5) is 0. The molecule has 0 saturated carbocycles. The summed E-state index contributed by atoms with van der Waals surface area (Å²) in [6.07, 6.45) is 0.567. The van der Waals surface area contributed by atoms with E-state index in [4.69, 9.17) is 14.6 Å². The van der Waals surface area contributed by atoms with Gasteiger partial charge in [-0.05, 0) is 19.3 Å². The van der Waals surface area contributed by atoms with Gasteiger partial charge in [-0.1, -0.05) is 13.8 Å². The summed E-state index contributed by atoms with van der Waals surface area (Å²) in [6, 6.07) is 0. The largest absolute Gasteiger partial charge is 0.391 e. The lowest BCUT2D eigenvalue weighted by Gasteiger charge is -2.15. The molecule has 0 aliphatic carbocycles. The number of rotatable bonds is 7. The van der Waals surface area contributed by atoms with E-state index >= 15 is 0 Å². The van der Waals surface area contributed by atoms with Crippen molar-refractivity contribution < 1.29 is 14.6 Å². The highest BCUT2D eigenvalue weighted by atomic mass is 16.7. The summed E-state index contributed by atoms with van der Waals surface area (Å²) in [5, 5.41) is 8.77. The molecule has 0 aromatic rings. The van der Waals surface area contributed by atoms with Crippen molar-refractivity contribution in [2.45, 2.75) is 33.5 Å². The van der Waals surface area contributed by atoms with Crippen LogP contribution in [0.1, 0.15) is 27.2 Å². The predicted octanol–water partition coefficient (Wildman–Crippen LogP) is 1.40. The van der Waals surface area contributed by atoms with Gasteiger partial charge in [0.15, 0.2) is 6.29 Å². The van der Waals surface area contributed by atoms with E-state index in [1.54, 1.807) is 0 Å². The van der Waals surface area contributed by atoms with Crippen LogP contribution in [0.5, 0.6) is 0 Å². The molecule has 0 aromatic heterocycles. The summed E-state index contributed by atoms with van der Waals surface area (Å²) in [5.41, 5.74) is 0. The first-order chi connectivity index (χ1) is 5.70. The summed E-state index contributed by atoms with van der Waals surface area (Å²) in [7, 11) is 0. The molecule has 0 saturated heterocycles. The van der Waals surface area contributed by atoms with Crippen molar-refractivity contribution in [3.05, 3.63) is 0 Å². The Balaban J connectivity index is 3.31. The van der Waals surface area contributed by atoms with Gasteiger partial charge in [0.25, 0.3) is 0 Å². The molecule has 0 aliphatic rings. The monoisotopic (exact) mass is 176 g/mol. The summed E-state index contributed by atoms with van der Waals surface area (Å²) >= 11 is 0. The van der Waals surface area contributed by atoms with Crippen molar-refractivity contribution >= 4 is 0 Å². The maximum absolute atomic E-state index is 8.77. The van der Waals surface area contributed by atoms with Crippen LogP contribution in [0.3, 0.4) is 0 Å². The third kappa shape index (κ3) is 6.58. The number of hydrogen-bond acceptors (Lipinski definition) is 3. The van der Waals surface area contributed by atoms with Gasteiger partial charge in [-0.25, -0.2) is 0 Å². The highest BCUT2D eigenvalue weighted by molar-refractivity contribution is 4.45. The molecule has 0 bridgehead atoms. The van der Waals surface area contributed by atoms with Crippen LogP contribution in [0, 0.1) is 5.92 Å². The van der Waals surface area contributed by atoms with Gasteiger partial charge >= 0.3 is 0 Å². The second-order valence-electron chi connectivity index (χ2n) is 3.12. The molecule has 3 nitrogen and oxygen atoms in total. The molecule has 0 fully saturated rings. The Labute approximate surface area is 74.7 Å². The zero-order chi connectivity index (χ0) is 9.40. The van der Waals surface area contributed by atoms with Gasteiger partial charge < -0.3 is 14.6 Å². The number of hydrogen-bond donors (Lipinski definition) is 1. The number of aliphatic hydroxyl groups is 1. The molecule has 0 aliphatic heterocycles. The van der Waals surface area contributed by atoms with E-state index in [9.17, 15) is 0 Å². The van der Waals surface area contributed by atoms with E-state index in [1.807, 2.05) is 6.92 Å². The van der Waals surface area contributed by atoms with Crippen LogP contribution in [0.2, 0.25) is 0 Å². The molecule has 74 valence electrons. The SMILES string of the molecule is CCOC(CO)OCCC(C)C. The first-order valence-corrected chi connectivity index (χ1v) is 4.54. The van der Waals surface area contributed by atoms with Crippen molar-refractivity contribution in [3.8, 4) is 0 Å². The van der Waals surface area contributed by atoms with Crippen molar-refractivity contribution in [3.63, 3.8) is 0 Å². The Morgan fingerprint density at radius 1 is 1.25 bits per heavy atom. The van der Waals surface area contributed by atoms with E-state index in [0.717, 1.165) is 6.42 Å². The van der Waals surface area contributed by atoms with Crippen molar-refractivity contribution in [1.82, 2.24) is 0 Å². The molecule has 3 heteroatoms. The maximum atomic E-state index is 8.77. The minimum absolute atomic E-state index is 0.0636. The van der Waals surface area contributed by atoms with Gasteiger partial charge in [-0.15, -0.1) is 0 Å². The summed E-state index contributed by atoms with van der Waals surface area (Å²) in [5.74, 6) is 0.631. The molecular formula is C9H20O3. The van der Waals surface area contributed by atoms with Crippen LogP contribution in [-0.4, -0.2) is 31.2 Å². The topological polar surface area (TPSA) is 38.7 Å². The van der Waals surface area contributed by atoms with Crippen LogP contribution in [0.25, 0.3) is 0 Å². The molecule has 0 aromatic carbocycles. The molecule has 1 unspecified atom stereocenters. The fourth-order valence-corrected chi connectivity index (χ4v) is 0.775. The molecule has 12 heavy (non-hydrogen) atoms. The van der Waals surface area contributed by atoms with Gasteiger partial charge in [-0.2, -0.15) is 0 Å². The van der Waals surface area contributed by atoms with E-state index in [-0.39, 0.29) is 6.61 Å². The second kappa shape index (κ2) is 7.53. The van der Waals surface area contributed by atoms with Crippen LogP contribution in [0.4, 0.5) is 0 Å². The third-order valence-corrected chi connectivity index (χ3v) is 1.50. The maximum Gasteiger partial charge on any atom is 0.180 e. The first-order valence-electron chi connectivity index (χ1n) is 4.54. The Bertz CT molecular complexity index is 93.8. The highest BCUT2D eigenvalue weighted by Crippen LogP contribution is 2.01. The third-order valence-electron chi connectivity index (χ3n) is 1.50. The van der Waals surface area contributed by atoms with Crippen LogP contribution in [-0.2, 0) is 9.47 Å². The van der Waals surface area contributed by atoms with E-state index < -0.39 is 6.29 Å². The smallest absolute Gasteiger partial charge is 0.180 e. The van der Waals surface area contributed by atoms with E-state index in [2.05, 4.69) is 13.8 Å². The molecule has 0 amide bonds. The Morgan fingerprint density at radius 3 is 2.33 bits per heavy atom.